The first-order valence-corrected chi connectivity index (χ1v) is 11.6. The van der Waals surface area contributed by atoms with E-state index in [0.717, 1.165) is 36.1 Å². The van der Waals surface area contributed by atoms with E-state index in [0.29, 0.717) is 42.7 Å². The maximum Gasteiger partial charge on any atom is 0.338 e. The van der Waals surface area contributed by atoms with Gasteiger partial charge in [0, 0.05) is 17.8 Å². The van der Waals surface area contributed by atoms with Crippen molar-refractivity contribution in [3.8, 4) is 11.4 Å². The van der Waals surface area contributed by atoms with E-state index in [2.05, 4.69) is 20.4 Å². The highest BCUT2D eigenvalue weighted by molar-refractivity contribution is 5.95. The van der Waals surface area contributed by atoms with Crippen LogP contribution < -0.4 is 5.32 Å². The SMILES string of the molecule is CCOC(=O)c1ccc(NC(=O)C2CCCN(Cc3nc(-c4cccc(C)c4)no3)C2)c(C)c1. The van der Waals surface area contributed by atoms with Crippen molar-refractivity contribution in [2.75, 3.05) is 25.0 Å². The Balaban J connectivity index is 1.36. The number of amides is 1. The summed E-state index contributed by atoms with van der Waals surface area (Å²) in [5.74, 6) is 0.590. The van der Waals surface area contributed by atoms with Crippen LogP contribution in [0.15, 0.2) is 47.0 Å². The Hall–Kier alpha value is -3.52. The van der Waals surface area contributed by atoms with Crippen LogP contribution in [0.3, 0.4) is 0 Å². The summed E-state index contributed by atoms with van der Waals surface area (Å²) in [4.78, 5) is 31.6. The first-order chi connectivity index (χ1) is 16.4. The van der Waals surface area contributed by atoms with E-state index in [1.165, 1.54) is 0 Å². The first-order valence-electron chi connectivity index (χ1n) is 11.6. The van der Waals surface area contributed by atoms with Crippen LogP contribution >= 0.6 is 0 Å². The molecule has 2 aromatic carbocycles. The number of hydrogen-bond donors (Lipinski definition) is 1. The van der Waals surface area contributed by atoms with Gasteiger partial charge >= 0.3 is 5.97 Å². The van der Waals surface area contributed by atoms with Gasteiger partial charge in [0.25, 0.3) is 0 Å². The van der Waals surface area contributed by atoms with Crippen molar-refractivity contribution in [3.63, 3.8) is 0 Å². The number of nitrogens with zero attached hydrogens (tertiary/aromatic N) is 3. The van der Waals surface area contributed by atoms with E-state index in [9.17, 15) is 9.59 Å². The molecule has 1 unspecified atom stereocenters. The number of rotatable bonds is 7. The summed E-state index contributed by atoms with van der Waals surface area (Å²) in [5.41, 5.74) is 4.07. The number of carbonyl (C=O) groups excluding carboxylic acids is 2. The van der Waals surface area contributed by atoms with Crippen molar-refractivity contribution in [3.05, 3.63) is 65.0 Å². The van der Waals surface area contributed by atoms with Gasteiger partial charge in [-0.15, -0.1) is 0 Å². The van der Waals surface area contributed by atoms with Crippen LogP contribution in [0, 0.1) is 19.8 Å². The Morgan fingerprint density at radius 1 is 1.21 bits per heavy atom. The van der Waals surface area contributed by atoms with E-state index >= 15 is 0 Å². The molecule has 0 saturated carbocycles. The van der Waals surface area contributed by atoms with Gasteiger partial charge in [0.15, 0.2) is 0 Å². The predicted octanol–water partition coefficient (Wildman–Crippen LogP) is 4.38. The minimum atomic E-state index is -0.363. The molecular formula is C26H30N4O4. The van der Waals surface area contributed by atoms with Crippen LogP contribution in [0.2, 0.25) is 0 Å². The minimum absolute atomic E-state index is 0.0253. The van der Waals surface area contributed by atoms with Crippen molar-refractivity contribution in [2.45, 2.75) is 40.2 Å². The molecule has 2 heterocycles. The minimum Gasteiger partial charge on any atom is -0.462 e. The number of aryl methyl sites for hydroxylation is 2. The van der Waals surface area contributed by atoms with E-state index in [1.807, 2.05) is 38.1 Å². The highest BCUT2D eigenvalue weighted by Gasteiger charge is 2.27. The maximum atomic E-state index is 13.0. The molecule has 1 saturated heterocycles. The second kappa shape index (κ2) is 10.6. The van der Waals surface area contributed by atoms with Gasteiger partial charge < -0.3 is 14.6 Å². The van der Waals surface area contributed by atoms with Crippen molar-refractivity contribution < 1.29 is 18.8 Å². The Kier molecular flexibility index (Phi) is 7.37. The molecule has 1 N–H and O–H groups in total. The van der Waals surface area contributed by atoms with Gasteiger partial charge in [0.2, 0.25) is 17.6 Å². The van der Waals surface area contributed by atoms with Gasteiger partial charge in [-0.05, 0) is 70.0 Å². The van der Waals surface area contributed by atoms with Gasteiger partial charge in [-0.2, -0.15) is 4.98 Å². The number of hydrogen-bond acceptors (Lipinski definition) is 7. The molecular weight excluding hydrogens is 432 g/mol. The van der Waals surface area contributed by atoms with Crippen molar-refractivity contribution in [2.24, 2.45) is 5.92 Å². The summed E-state index contributed by atoms with van der Waals surface area (Å²) in [5, 5.41) is 7.14. The molecule has 0 aliphatic carbocycles. The third kappa shape index (κ3) is 5.69. The second-order valence-electron chi connectivity index (χ2n) is 8.69. The lowest BCUT2D eigenvalue weighted by Gasteiger charge is -2.31. The predicted molar refractivity (Wildman–Crippen MR) is 128 cm³/mol. The fourth-order valence-electron chi connectivity index (χ4n) is 4.21. The number of carbonyl (C=O) groups is 2. The van der Waals surface area contributed by atoms with Crippen LogP contribution in [0.25, 0.3) is 11.4 Å². The monoisotopic (exact) mass is 462 g/mol. The summed E-state index contributed by atoms with van der Waals surface area (Å²) in [6, 6.07) is 13.2. The molecule has 0 radical (unpaired) electrons. The summed E-state index contributed by atoms with van der Waals surface area (Å²) >= 11 is 0. The molecule has 8 heteroatoms. The average molecular weight is 463 g/mol. The summed E-state index contributed by atoms with van der Waals surface area (Å²) in [6.45, 7) is 8.00. The maximum absolute atomic E-state index is 13.0. The van der Waals surface area contributed by atoms with Crippen LogP contribution in [0.1, 0.15) is 47.1 Å². The quantitative estimate of drug-likeness (QED) is 0.520. The highest BCUT2D eigenvalue weighted by atomic mass is 16.5. The smallest absolute Gasteiger partial charge is 0.338 e. The topological polar surface area (TPSA) is 97.6 Å². The van der Waals surface area contributed by atoms with Crippen molar-refractivity contribution in [1.29, 1.82) is 0 Å². The van der Waals surface area contributed by atoms with Crippen molar-refractivity contribution >= 4 is 17.6 Å². The lowest BCUT2D eigenvalue weighted by Crippen LogP contribution is -2.40. The normalized spacial score (nSPS) is 16.3. The van der Waals surface area contributed by atoms with E-state index in [4.69, 9.17) is 9.26 Å². The van der Waals surface area contributed by atoms with E-state index in [1.54, 1.807) is 25.1 Å². The van der Waals surface area contributed by atoms with Gasteiger partial charge in [0.05, 0.1) is 24.6 Å². The number of anilines is 1. The standard InChI is InChI=1S/C26H30N4O4/c1-4-33-26(32)20-10-11-22(18(3)14-20)27-25(31)21-9-6-12-30(15-21)16-23-28-24(29-34-23)19-8-5-7-17(2)13-19/h5,7-8,10-11,13-14,21H,4,6,9,12,15-16H2,1-3H3,(H,27,31). The number of piperidine rings is 1. The van der Waals surface area contributed by atoms with Gasteiger partial charge in [-0.25, -0.2) is 4.79 Å². The fourth-order valence-corrected chi connectivity index (χ4v) is 4.21. The molecule has 1 aromatic heterocycles. The van der Waals surface area contributed by atoms with Crippen LogP contribution in [0.4, 0.5) is 5.69 Å². The third-order valence-corrected chi connectivity index (χ3v) is 5.97. The number of ether oxygens (including phenoxy) is 1. The number of likely N-dealkylation sites (tertiary alicyclic amines) is 1. The van der Waals surface area contributed by atoms with E-state index < -0.39 is 0 Å². The Morgan fingerprint density at radius 3 is 2.82 bits per heavy atom. The molecule has 1 atom stereocenters. The lowest BCUT2D eigenvalue weighted by atomic mass is 9.96. The largest absolute Gasteiger partial charge is 0.462 e. The molecule has 0 bridgehead atoms. The molecule has 0 spiro atoms. The van der Waals surface area contributed by atoms with Gasteiger partial charge in [-0.1, -0.05) is 28.9 Å². The van der Waals surface area contributed by atoms with Crippen LogP contribution in [-0.4, -0.2) is 46.6 Å². The Bertz CT molecular complexity index is 1170. The summed E-state index contributed by atoms with van der Waals surface area (Å²) < 4.78 is 10.5. The Morgan fingerprint density at radius 2 is 2.06 bits per heavy atom. The van der Waals surface area contributed by atoms with E-state index in [-0.39, 0.29) is 17.8 Å². The lowest BCUT2D eigenvalue weighted by molar-refractivity contribution is -0.121. The molecule has 1 fully saturated rings. The molecule has 1 aliphatic heterocycles. The zero-order chi connectivity index (χ0) is 24.1. The molecule has 3 aromatic rings. The van der Waals surface area contributed by atoms with Gasteiger partial charge in [0.1, 0.15) is 0 Å². The fraction of sp³-hybridized carbons (Fsp3) is 0.385. The number of esters is 1. The average Bonchev–Trinajstić information content (AvgIpc) is 3.29. The molecule has 34 heavy (non-hydrogen) atoms. The summed E-state index contributed by atoms with van der Waals surface area (Å²) in [7, 11) is 0. The number of benzene rings is 2. The summed E-state index contributed by atoms with van der Waals surface area (Å²) in [6.07, 6.45) is 1.73. The molecule has 1 aliphatic rings. The van der Waals surface area contributed by atoms with Crippen LogP contribution in [0.5, 0.6) is 0 Å². The number of aromatic nitrogens is 2. The number of nitrogens with one attached hydrogen (secondary N) is 1. The molecule has 8 nitrogen and oxygen atoms in total. The van der Waals surface area contributed by atoms with Crippen molar-refractivity contribution in [1.82, 2.24) is 15.0 Å². The molecule has 1 amide bonds. The zero-order valence-electron chi connectivity index (χ0n) is 19.8. The molecule has 4 rings (SSSR count). The Labute approximate surface area is 199 Å². The van der Waals surface area contributed by atoms with Crippen LogP contribution in [-0.2, 0) is 16.1 Å². The van der Waals surface area contributed by atoms with Gasteiger partial charge in [-0.3, -0.25) is 9.69 Å². The second-order valence-corrected chi connectivity index (χ2v) is 8.69. The highest BCUT2D eigenvalue weighted by Crippen LogP contribution is 2.23. The zero-order valence-corrected chi connectivity index (χ0v) is 19.8. The molecule has 178 valence electrons. The third-order valence-electron chi connectivity index (χ3n) is 5.97. The first kappa shape index (κ1) is 23.6.